The second kappa shape index (κ2) is 5.15. The Bertz CT molecular complexity index is 483. The highest BCUT2D eigenvalue weighted by molar-refractivity contribution is 6.38. The van der Waals surface area contributed by atoms with Gasteiger partial charge in [-0.25, -0.2) is 9.18 Å². The monoisotopic (exact) mass is 261 g/mol. The summed E-state index contributed by atoms with van der Waals surface area (Å²) < 4.78 is 17.9. The number of nitrogens with zero attached hydrogens (tertiary/aromatic N) is 1. The molecule has 0 unspecified atom stereocenters. The van der Waals surface area contributed by atoms with Crippen molar-refractivity contribution in [3.63, 3.8) is 0 Å². The number of carbonyl (C=O) groups is 1. The molecule has 0 N–H and O–H groups in total. The fourth-order valence-electron chi connectivity index (χ4n) is 1.06. The van der Waals surface area contributed by atoms with Crippen LogP contribution in [0.15, 0.2) is 6.07 Å². The maximum atomic E-state index is 13.3. The third-order valence-electron chi connectivity index (χ3n) is 1.76. The van der Waals surface area contributed by atoms with Crippen LogP contribution in [0, 0.1) is 17.1 Å². The van der Waals surface area contributed by atoms with Gasteiger partial charge in [-0.05, 0) is 13.0 Å². The molecule has 0 saturated heterocycles. The van der Waals surface area contributed by atoms with Crippen LogP contribution >= 0.6 is 23.2 Å². The smallest absolute Gasteiger partial charge is 0.339 e. The fourth-order valence-corrected chi connectivity index (χ4v) is 1.57. The van der Waals surface area contributed by atoms with Gasteiger partial charge in [0.05, 0.1) is 27.8 Å². The van der Waals surface area contributed by atoms with Gasteiger partial charge in [0.1, 0.15) is 11.9 Å². The summed E-state index contributed by atoms with van der Waals surface area (Å²) in [4.78, 5) is 11.4. The Labute approximate surface area is 101 Å². The number of benzene rings is 1. The van der Waals surface area contributed by atoms with Crippen molar-refractivity contribution < 1.29 is 13.9 Å². The van der Waals surface area contributed by atoms with Gasteiger partial charge in [0.15, 0.2) is 0 Å². The number of esters is 1. The second-order valence-corrected chi connectivity index (χ2v) is 3.50. The van der Waals surface area contributed by atoms with Crippen molar-refractivity contribution >= 4 is 29.2 Å². The SMILES string of the molecule is CCOC(=O)c1cc(F)c(Cl)c(C#N)c1Cl. The summed E-state index contributed by atoms with van der Waals surface area (Å²) in [6.45, 7) is 1.73. The van der Waals surface area contributed by atoms with Crippen LogP contribution in [-0.2, 0) is 4.74 Å². The van der Waals surface area contributed by atoms with Gasteiger partial charge in [-0.1, -0.05) is 23.2 Å². The highest BCUT2D eigenvalue weighted by Gasteiger charge is 2.20. The van der Waals surface area contributed by atoms with Crippen molar-refractivity contribution in [3.8, 4) is 6.07 Å². The predicted octanol–water partition coefficient (Wildman–Crippen LogP) is 3.18. The van der Waals surface area contributed by atoms with E-state index in [4.69, 9.17) is 28.5 Å². The van der Waals surface area contributed by atoms with Crippen molar-refractivity contribution in [2.24, 2.45) is 0 Å². The highest BCUT2D eigenvalue weighted by Crippen LogP contribution is 2.30. The molecule has 1 rings (SSSR count). The standard InChI is InChI=1S/C10H6Cl2FNO2/c1-2-16-10(15)5-3-7(13)9(12)6(4-14)8(5)11/h3H,2H2,1H3. The minimum atomic E-state index is -0.884. The molecule has 84 valence electrons. The molecule has 1 aromatic carbocycles. The van der Waals surface area contributed by atoms with E-state index in [1.165, 1.54) is 0 Å². The lowest BCUT2D eigenvalue weighted by Gasteiger charge is -2.07. The van der Waals surface area contributed by atoms with Crippen molar-refractivity contribution in [2.75, 3.05) is 6.61 Å². The lowest BCUT2D eigenvalue weighted by Crippen LogP contribution is -2.07. The molecule has 3 nitrogen and oxygen atoms in total. The van der Waals surface area contributed by atoms with Crippen molar-refractivity contribution in [1.29, 1.82) is 5.26 Å². The van der Waals surface area contributed by atoms with E-state index in [9.17, 15) is 9.18 Å². The van der Waals surface area contributed by atoms with E-state index in [2.05, 4.69) is 4.74 Å². The first kappa shape index (κ1) is 12.8. The largest absolute Gasteiger partial charge is 0.462 e. The van der Waals surface area contributed by atoms with E-state index in [-0.39, 0.29) is 22.8 Å². The Balaban J connectivity index is 3.38. The predicted molar refractivity (Wildman–Crippen MR) is 57.1 cm³/mol. The van der Waals surface area contributed by atoms with Crippen LogP contribution in [0.1, 0.15) is 22.8 Å². The van der Waals surface area contributed by atoms with Crippen LogP contribution in [-0.4, -0.2) is 12.6 Å². The van der Waals surface area contributed by atoms with Crippen molar-refractivity contribution in [2.45, 2.75) is 6.92 Å². The molecule has 0 amide bonds. The number of ether oxygens (including phenoxy) is 1. The molecule has 1 aromatic rings. The minimum absolute atomic E-state index is 0.126. The average molecular weight is 262 g/mol. The Kier molecular flexibility index (Phi) is 4.11. The minimum Gasteiger partial charge on any atom is -0.462 e. The number of hydrogen-bond donors (Lipinski definition) is 0. The summed E-state index contributed by atoms with van der Waals surface area (Å²) in [6, 6.07) is 2.48. The van der Waals surface area contributed by atoms with Gasteiger partial charge in [0.2, 0.25) is 0 Å². The average Bonchev–Trinajstić information content (AvgIpc) is 2.24. The van der Waals surface area contributed by atoms with E-state index in [1.54, 1.807) is 13.0 Å². The molecule has 0 spiro atoms. The molecule has 0 aliphatic carbocycles. The lowest BCUT2D eigenvalue weighted by molar-refractivity contribution is 0.0526. The van der Waals surface area contributed by atoms with Gasteiger partial charge in [-0.2, -0.15) is 5.26 Å². The third kappa shape index (κ3) is 2.26. The molecule has 0 bridgehead atoms. The summed E-state index contributed by atoms with van der Waals surface area (Å²) >= 11 is 11.3. The molecule has 0 saturated carbocycles. The zero-order valence-corrected chi connectivity index (χ0v) is 9.69. The molecular weight excluding hydrogens is 256 g/mol. The summed E-state index contributed by atoms with van der Waals surface area (Å²) in [7, 11) is 0. The number of halogens is 3. The molecule has 0 aromatic heterocycles. The first-order valence-corrected chi connectivity index (χ1v) is 5.03. The summed E-state index contributed by atoms with van der Waals surface area (Å²) in [6.07, 6.45) is 0. The number of carbonyl (C=O) groups excluding carboxylic acids is 1. The lowest BCUT2D eigenvalue weighted by atomic mass is 10.1. The Morgan fingerprint density at radius 1 is 1.56 bits per heavy atom. The maximum absolute atomic E-state index is 13.3. The van der Waals surface area contributed by atoms with Gasteiger partial charge in [0, 0.05) is 0 Å². The molecule has 0 fully saturated rings. The van der Waals surface area contributed by atoms with Crippen molar-refractivity contribution in [1.82, 2.24) is 0 Å². The summed E-state index contributed by atoms with van der Waals surface area (Å²) in [5.41, 5.74) is -0.478. The Morgan fingerprint density at radius 3 is 2.69 bits per heavy atom. The normalized spacial score (nSPS) is 9.69. The van der Waals surface area contributed by atoms with Crippen LogP contribution in [0.5, 0.6) is 0 Å². The van der Waals surface area contributed by atoms with E-state index < -0.39 is 16.8 Å². The molecule has 0 aliphatic heterocycles. The Morgan fingerprint density at radius 2 is 2.19 bits per heavy atom. The molecule has 0 aliphatic rings. The van der Waals surface area contributed by atoms with Crippen LogP contribution in [0.3, 0.4) is 0 Å². The molecular formula is C10H6Cl2FNO2. The first-order chi connectivity index (χ1) is 7.52. The number of hydrogen-bond acceptors (Lipinski definition) is 3. The first-order valence-electron chi connectivity index (χ1n) is 4.27. The van der Waals surface area contributed by atoms with Gasteiger partial charge in [-0.3, -0.25) is 0 Å². The van der Waals surface area contributed by atoms with Crippen molar-refractivity contribution in [3.05, 3.63) is 33.1 Å². The highest BCUT2D eigenvalue weighted by atomic mass is 35.5. The van der Waals surface area contributed by atoms with Gasteiger partial charge < -0.3 is 4.74 Å². The van der Waals surface area contributed by atoms with E-state index in [1.807, 2.05) is 0 Å². The molecule has 16 heavy (non-hydrogen) atoms. The van der Waals surface area contributed by atoms with Crippen LogP contribution in [0.2, 0.25) is 10.0 Å². The van der Waals surface area contributed by atoms with Gasteiger partial charge >= 0.3 is 5.97 Å². The van der Waals surface area contributed by atoms with Gasteiger partial charge in [0.25, 0.3) is 0 Å². The molecule has 0 heterocycles. The molecule has 6 heteroatoms. The summed E-state index contributed by atoms with van der Waals surface area (Å²) in [5, 5.41) is 8.12. The molecule has 0 radical (unpaired) electrons. The summed E-state index contributed by atoms with van der Waals surface area (Å²) in [5.74, 6) is -1.68. The van der Waals surface area contributed by atoms with E-state index >= 15 is 0 Å². The number of rotatable bonds is 2. The number of nitriles is 1. The Hall–Kier alpha value is -1.31. The quantitative estimate of drug-likeness (QED) is 0.607. The van der Waals surface area contributed by atoms with E-state index in [0.29, 0.717) is 0 Å². The van der Waals surface area contributed by atoms with E-state index in [0.717, 1.165) is 6.07 Å². The third-order valence-corrected chi connectivity index (χ3v) is 2.53. The fraction of sp³-hybridized carbons (Fsp3) is 0.200. The van der Waals surface area contributed by atoms with Crippen LogP contribution in [0.25, 0.3) is 0 Å². The van der Waals surface area contributed by atoms with Crippen LogP contribution in [0.4, 0.5) is 4.39 Å². The second-order valence-electron chi connectivity index (χ2n) is 2.74. The van der Waals surface area contributed by atoms with Gasteiger partial charge in [-0.15, -0.1) is 0 Å². The zero-order valence-electron chi connectivity index (χ0n) is 8.18. The zero-order chi connectivity index (χ0) is 12.3. The molecule has 0 atom stereocenters. The maximum Gasteiger partial charge on any atom is 0.339 e. The van der Waals surface area contributed by atoms with Crippen LogP contribution < -0.4 is 0 Å². The topological polar surface area (TPSA) is 50.1 Å².